The molecule has 3 nitrogen and oxygen atoms in total. The Kier molecular flexibility index (Phi) is 2.55. The van der Waals surface area contributed by atoms with Crippen molar-refractivity contribution in [2.45, 2.75) is 11.9 Å². The fourth-order valence-electron chi connectivity index (χ4n) is 0.656. The number of ether oxygens (including phenoxy) is 1. The first-order chi connectivity index (χ1) is 4.18. The Balaban J connectivity index is 2.34. The number of rotatable bonds is 0. The molecule has 9 heavy (non-hydrogen) atoms. The summed E-state index contributed by atoms with van der Waals surface area (Å²) in [4.78, 5) is 0. The molecule has 1 fully saturated rings. The van der Waals surface area contributed by atoms with Gasteiger partial charge >= 0.3 is 0 Å². The average Bonchev–Trinajstić information content (AvgIpc) is 1.59. The van der Waals surface area contributed by atoms with E-state index in [9.17, 15) is 0 Å². The summed E-state index contributed by atoms with van der Waals surface area (Å²) >= 11 is 11.0. The van der Waals surface area contributed by atoms with Crippen molar-refractivity contribution in [1.29, 1.82) is 0 Å². The van der Waals surface area contributed by atoms with Crippen molar-refractivity contribution >= 4 is 23.4 Å². The molecule has 1 saturated heterocycles. The van der Waals surface area contributed by atoms with Crippen molar-refractivity contribution in [3.8, 4) is 0 Å². The Bertz CT molecular complexity index is 77.5. The Labute approximate surface area is 63.2 Å². The number of β-amino-alcohol motifs (C(OH)–C–C–N with tert-alkyl or cyclic N) is 1. The highest BCUT2D eigenvalue weighted by atomic mass is 35.5. The van der Waals surface area contributed by atoms with Crippen molar-refractivity contribution in [3.05, 3.63) is 0 Å². The van der Waals surface area contributed by atoms with E-state index in [2.05, 4.69) is 0 Å². The van der Waals surface area contributed by atoms with Gasteiger partial charge in [-0.1, -0.05) is 11.6 Å². The molecular weight excluding hydrogens is 165 g/mol. The Hall–Kier alpha value is 0.460. The Morgan fingerprint density at radius 3 is 2.67 bits per heavy atom. The highest BCUT2D eigenvalue weighted by Crippen LogP contribution is 2.13. The van der Waals surface area contributed by atoms with Crippen molar-refractivity contribution in [2.24, 2.45) is 0 Å². The van der Waals surface area contributed by atoms with E-state index in [0.29, 0.717) is 13.1 Å². The molecule has 1 heterocycles. The lowest BCUT2D eigenvalue weighted by atomic mass is 10.5. The van der Waals surface area contributed by atoms with E-state index in [1.807, 2.05) is 0 Å². The summed E-state index contributed by atoms with van der Waals surface area (Å²) in [5, 5.41) is 8.82. The van der Waals surface area contributed by atoms with Crippen molar-refractivity contribution in [2.75, 3.05) is 13.1 Å². The van der Waals surface area contributed by atoms with Crippen LogP contribution in [0.3, 0.4) is 0 Å². The standard InChI is InChI=1S/C4H7Cl2NO2/c5-3-1-7(6)2-4(8)9-3/h3-4,8H,1-2H2. The van der Waals surface area contributed by atoms with Crippen LogP contribution in [0, 0.1) is 0 Å². The zero-order valence-electron chi connectivity index (χ0n) is 4.63. The highest BCUT2D eigenvalue weighted by molar-refractivity contribution is 6.20. The second-order valence-corrected chi connectivity index (χ2v) is 2.79. The lowest BCUT2D eigenvalue weighted by molar-refractivity contribution is -0.145. The van der Waals surface area contributed by atoms with Crippen LogP contribution in [0.15, 0.2) is 0 Å². The molecule has 2 unspecified atom stereocenters. The van der Waals surface area contributed by atoms with Gasteiger partial charge in [-0.25, -0.2) is 4.42 Å². The fraction of sp³-hybridized carbons (Fsp3) is 1.00. The molecule has 0 aromatic carbocycles. The number of nitrogens with zero attached hydrogens (tertiary/aromatic N) is 1. The van der Waals surface area contributed by atoms with Crippen LogP contribution < -0.4 is 0 Å². The summed E-state index contributed by atoms with van der Waals surface area (Å²) in [7, 11) is 0. The van der Waals surface area contributed by atoms with Gasteiger partial charge in [0, 0.05) is 0 Å². The van der Waals surface area contributed by atoms with Gasteiger partial charge in [-0.05, 0) is 11.8 Å². The number of halogens is 2. The van der Waals surface area contributed by atoms with Crippen LogP contribution in [0.4, 0.5) is 0 Å². The molecule has 0 amide bonds. The van der Waals surface area contributed by atoms with E-state index >= 15 is 0 Å². The average molecular weight is 172 g/mol. The fourth-order valence-corrected chi connectivity index (χ4v) is 1.26. The summed E-state index contributed by atoms with van der Waals surface area (Å²) in [6, 6.07) is 0. The number of aliphatic hydroxyl groups excluding tert-OH is 1. The third-order valence-electron chi connectivity index (χ3n) is 1.00. The zero-order valence-corrected chi connectivity index (χ0v) is 6.14. The largest absolute Gasteiger partial charge is 0.367 e. The third kappa shape index (κ3) is 2.27. The predicted octanol–water partition coefficient (Wildman–Crippen LogP) is 0.356. The van der Waals surface area contributed by atoms with Crippen LogP contribution in [0.5, 0.6) is 0 Å². The first-order valence-corrected chi connectivity index (χ1v) is 3.34. The van der Waals surface area contributed by atoms with Crippen LogP contribution >= 0.6 is 23.4 Å². The van der Waals surface area contributed by atoms with E-state index in [1.165, 1.54) is 4.42 Å². The minimum absolute atomic E-state index is 0.310. The van der Waals surface area contributed by atoms with Crippen LogP contribution in [0.2, 0.25) is 0 Å². The third-order valence-corrected chi connectivity index (χ3v) is 1.52. The molecule has 1 N–H and O–H groups in total. The molecule has 0 aliphatic carbocycles. The van der Waals surface area contributed by atoms with Crippen molar-refractivity contribution < 1.29 is 9.84 Å². The van der Waals surface area contributed by atoms with Gasteiger partial charge in [-0.2, -0.15) is 0 Å². The molecule has 1 aliphatic heterocycles. The predicted molar refractivity (Wildman–Crippen MR) is 34.2 cm³/mol. The summed E-state index contributed by atoms with van der Waals surface area (Å²) in [6.07, 6.45) is -0.848. The van der Waals surface area contributed by atoms with E-state index in [4.69, 9.17) is 33.2 Å². The van der Waals surface area contributed by atoms with Gasteiger partial charge in [0.15, 0.2) is 6.29 Å². The van der Waals surface area contributed by atoms with Gasteiger partial charge in [-0.3, -0.25) is 0 Å². The molecule has 1 rings (SSSR count). The second-order valence-electron chi connectivity index (χ2n) is 1.83. The maximum atomic E-state index is 8.82. The van der Waals surface area contributed by atoms with Crippen LogP contribution in [-0.4, -0.2) is 34.5 Å². The summed E-state index contributed by atoms with van der Waals surface area (Å²) in [6.45, 7) is 0.755. The Morgan fingerprint density at radius 2 is 2.22 bits per heavy atom. The summed E-state index contributed by atoms with van der Waals surface area (Å²) < 4.78 is 6.15. The topological polar surface area (TPSA) is 32.7 Å². The molecule has 1 aliphatic rings. The second kappa shape index (κ2) is 3.03. The molecule has 2 atom stereocenters. The maximum absolute atomic E-state index is 8.82. The minimum atomic E-state index is -0.848. The quantitative estimate of drug-likeness (QED) is 0.422. The lowest BCUT2D eigenvalue weighted by Crippen LogP contribution is -2.40. The molecule has 0 aromatic rings. The molecule has 0 radical (unpaired) electrons. The molecule has 5 heteroatoms. The SMILES string of the molecule is OC1CN(Cl)CC(Cl)O1. The van der Waals surface area contributed by atoms with Crippen LogP contribution in [0.25, 0.3) is 0 Å². The molecule has 54 valence electrons. The number of hydrogen-bond acceptors (Lipinski definition) is 3. The maximum Gasteiger partial charge on any atom is 0.170 e. The van der Waals surface area contributed by atoms with Crippen molar-refractivity contribution in [3.63, 3.8) is 0 Å². The number of alkyl halides is 1. The summed E-state index contributed by atoms with van der Waals surface area (Å²) in [5.41, 5.74) is -0.494. The van der Waals surface area contributed by atoms with Gasteiger partial charge in [0.1, 0.15) is 5.56 Å². The minimum Gasteiger partial charge on any atom is -0.367 e. The zero-order chi connectivity index (χ0) is 6.85. The van der Waals surface area contributed by atoms with Crippen LogP contribution in [0.1, 0.15) is 0 Å². The first kappa shape index (κ1) is 7.57. The number of morpholine rings is 1. The normalized spacial score (nSPS) is 39.0. The molecule has 0 bridgehead atoms. The monoisotopic (exact) mass is 171 g/mol. The molecule has 0 spiro atoms. The number of hydrogen-bond donors (Lipinski definition) is 1. The van der Waals surface area contributed by atoms with Gasteiger partial charge in [-0.15, -0.1) is 0 Å². The summed E-state index contributed by atoms with van der Waals surface area (Å²) in [5.74, 6) is 0. The van der Waals surface area contributed by atoms with E-state index in [1.54, 1.807) is 0 Å². The Morgan fingerprint density at radius 1 is 1.56 bits per heavy atom. The van der Waals surface area contributed by atoms with E-state index in [-0.39, 0.29) is 0 Å². The molecular formula is C4H7Cl2NO2. The van der Waals surface area contributed by atoms with Gasteiger partial charge in [0.2, 0.25) is 0 Å². The van der Waals surface area contributed by atoms with Gasteiger partial charge < -0.3 is 9.84 Å². The van der Waals surface area contributed by atoms with Crippen molar-refractivity contribution in [1.82, 2.24) is 4.42 Å². The van der Waals surface area contributed by atoms with Crippen LogP contribution in [-0.2, 0) is 4.74 Å². The smallest absolute Gasteiger partial charge is 0.170 e. The van der Waals surface area contributed by atoms with Gasteiger partial charge in [0.05, 0.1) is 13.1 Å². The lowest BCUT2D eigenvalue weighted by Gasteiger charge is -2.27. The molecule has 0 aromatic heterocycles. The van der Waals surface area contributed by atoms with E-state index in [0.717, 1.165) is 0 Å². The number of aliphatic hydroxyl groups is 1. The van der Waals surface area contributed by atoms with Gasteiger partial charge in [0.25, 0.3) is 0 Å². The highest BCUT2D eigenvalue weighted by Gasteiger charge is 2.23. The van der Waals surface area contributed by atoms with E-state index < -0.39 is 11.9 Å². The molecule has 0 saturated carbocycles. The first-order valence-electron chi connectivity index (χ1n) is 2.57.